The number of ether oxygens (including phenoxy) is 3. The highest BCUT2D eigenvalue weighted by Gasteiger charge is 2.28. The van der Waals surface area contributed by atoms with Gasteiger partial charge in [0.25, 0.3) is 0 Å². The zero-order chi connectivity index (χ0) is 23.7. The van der Waals surface area contributed by atoms with E-state index in [0.717, 1.165) is 0 Å². The van der Waals surface area contributed by atoms with Gasteiger partial charge in [-0.1, -0.05) is 12.1 Å². The Kier molecular flexibility index (Phi) is 6.15. The van der Waals surface area contributed by atoms with Crippen molar-refractivity contribution in [1.82, 2.24) is 14.5 Å². The van der Waals surface area contributed by atoms with Gasteiger partial charge in [-0.15, -0.1) is 0 Å². The van der Waals surface area contributed by atoms with Crippen LogP contribution in [0, 0.1) is 0 Å². The molecule has 8 nitrogen and oxygen atoms in total. The van der Waals surface area contributed by atoms with Gasteiger partial charge >= 0.3 is 5.97 Å². The SMILES string of the molecule is COc1ccc(-c2c(C(=O)O)c(C(S)c3nccn3C)nc3cc(OC)c(OC)cc23)cc1. The number of carboxylic acid groups (broad SMARTS) is 1. The zero-order valence-electron chi connectivity index (χ0n) is 18.6. The average molecular weight is 466 g/mol. The largest absolute Gasteiger partial charge is 0.497 e. The van der Waals surface area contributed by atoms with Gasteiger partial charge in [0.1, 0.15) is 16.8 Å². The number of aromatic carboxylic acids is 1. The molecular weight excluding hydrogens is 442 g/mol. The molecule has 1 unspecified atom stereocenters. The number of hydrogen-bond donors (Lipinski definition) is 2. The van der Waals surface area contributed by atoms with Crippen molar-refractivity contribution in [3.63, 3.8) is 0 Å². The molecule has 0 aliphatic rings. The van der Waals surface area contributed by atoms with E-state index in [0.29, 0.717) is 45.1 Å². The lowest BCUT2D eigenvalue weighted by molar-refractivity contribution is 0.0696. The minimum atomic E-state index is -1.12. The van der Waals surface area contributed by atoms with Crippen molar-refractivity contribution in [1.29, 1.82) is 0 Å². The maximum absolute atomic E-state index is 12.6. The van der Waals surface area contributed by atoms with Crippen molar-refractivity contribution >= 4 is 29.5 Å². The van der Waals surface area contributed by atoms with Crippen LogP contribution in [0.3, 0.4) is 0 Å². The molecule has 33 heavy (non-hydrogen) atoms. The summed E-state index contributed by atoms with van der Waals surface area (Å²) in [6, 6.07) is 10.7. The predicted octanol–water partition coefficient (Wildman–Crippen LogP) is 4.38. The van der Waals surface area contributed by atoms with Crippen LogP contribution in [0.4, 0.5) is 0 Å². The normalized spacial score (nSPS) is 11.9. The highest BCUT2D eigenvalue weighted by molar-refractivity contribution is 7.80. The van der Waals surface area contributed by atoms with Crippen LogP contribution in [-0.2, 0) is 7.05 Å². The summed E-state index contributed by atoms with van der Waals surface area (Å²) in [7, 11) is 6.47. The van der Waals surface area contributed by atoms with Crippen molar-refractivity contribution in [2.24, 2.45) is 7.05 Å². The average Bonchev–Trinajstić information content (AvgIpc) is 3.27. The Morgan fingerprint density at radius 1 is 1.06 bits per heavy atom. The molecule has 1 N–H and O–H groups in total. The maximum Gasteiger partial charge on any atom is 0.338 e. The topological polar surface area (TPSA) is 95.7 Å². The monoisotopic (exact) mass is 465 g/mol. The molecule has 0 saturated carbocycles. The van der Waals surface area contributed by atoms with Crippen molar-refractivity contribution in [2.45, 2.75) is 5.25 Å². The van der Waals surface area contributed by atoms with E-state index >= 15 is 0 Å². The van der Waals surface area contributed by atoms with Crippen LogP contribution in [0.25, 0.3) is 22.0 Å². The van der Waals surface area contributed by atoms with Gasteiger partial charge in [-0.05, 0) is 23.8 Å². The number of nitrogens with zero attached hydrogens (tertiary/aromatic N) is 3. The Bertz CT molecular complexity index is 1330. The molecule has 0 aliphatic heterocycles. The summed E-state index contributed by atoms with van der Waals surface area (Å²) >= 11 is 4.73. The fourth-order valence-corrected chi connectivity index (χ4v) is 4.28. The lowest BCUT2D eigenvalue weighted by Gasteiger charge is -2.20. The molecule has 1 atom stereocenters. The molecule has 2 aromatic heterocycles. The first kappa shape index (κ1) is 22.5. The second-order valence-corrected chi connectivity index (χ2v) is 7.82. The van der Waals surface area contributed by atoms with E-state index < -0.39 is 11.2 Å². The van der Waals surface area contributed by atoms with Crippen molar-refractivity contribution in [3.8, 4) is 28.4 Å². The standard InChI is InChI=1S/C24H23N3O5S/c1-27-10-9-25-23(27)22(33)21-20(24(28)29)19(13-5-7-14(30-2)8-6-13)15-11-17(31-3)18(32-4)12-16(15)26-21/h5-12,22,33H,1-4H3,(H,28,29). The van der Waals surface area contributed by atoms with Crippen LogP contribution < -0.4 is 14.2 Å². The Morgan fingerprint density at radius 2 is 1.73 bits per heavy atom. The molecule has 4 aromatic rings. The number of carbonyl (C=O) groups is 1. The summed E-state index contributed by atoms with van der Waals surface area (Å²) < 4.78 is 18.0. The molecule has 0 aliphatic carbocycles. The number of aryl methyl sites for hydroxylation is 1. The lowest BCUT2D eigenvalue weighted by atomic mass is 9.92. The summed E-state index contributed by atoms with van der Waals surface area (Å²) in [6.45, 7) is 0. The lowest BCUT2D eigenvalue weighted by Crippen LogP contribution is -2.13. The third-order valence-electron chi connectivity index (χ3n) is 5.47. The van der Waals surface area contributed by atoms with Gasteiger partial charge in [-0.3, -0.25) is 4.98 Å². The van der Waals surface area contributed by atoms with Crippen LogP contribution in [0.15, 0.2) is 48.8 Å². The third-order valence-corrected chi connectivity index (χ3v) is 5.95. The highest BCUT2D eigenvalue weighted by atomic mass is 32.1. The van der Waals surface area contributed by atoms with Crippen molar-refractivity contribution in [3.05, 3.63) is 65.9 Å². The van der Waals surface area contributed by atoms with E-state index in [-0.39, 0.29) is 11.3 Å². The molecule has 0 bridgehead atoms. The Labute approximate surface area is 196 Å². The first-order chi connectivity index (χ1) is 15.9. The number of fused-ring (bicyclic) bond motifs is 1. The number of benzene rings is 2. The first-order valence-electron chi connectivity index (χ1n) is 10.0. The number of pyridine rings is 1. The second kappa shape index (κ2) is 9.03. The van der Waals surface area contributed by atoms with Gasteiger partial charge in [0, 0.05) is 36.5 Å². The van der Waals surface area contributed by atoms with E-state index in [2.05, 4.69) is 4.98 Å². The highest BCUT2D eigenvalue weighted by Crippen LogP contribution is 2.42. The molecule has 0 amide bonds. The Balaban J connectivity index is 2.12. The minimum absolute atomic E-state index is 0.0443. The van der Waals surface area contributed by atoms with Gasteiger partial charge in [0.05, 0.1) is 38.1 Å². The first-order valence-corrected chi connectivity index (χ1v) is 10.5. The number of hydrogen-bond acceptors (Lipinski definition) is 7. The fraction of sp³-hybridized carbons (Fsp3) is 0.208. The van der Waals surface area contributed by atoms with Crippen molar-refractivity contribution in [2.75, 3.05) is 21.3 Å². The van der Waals surface area contributed by atoms with E-state index in [9.17, 15) is 9.90 Å². The maximum atomic E-state index is 12.6. The van der Waals surface area contributed by atoms with Crippen LogP contribution in [-0.4, -0.2) is 46.9 Å². The minimum Gasteiger partial charge on any atom is -0.497 e. The molecular formula is C24H23N3O5S. The fourth-order valence-electron chi connectivity index (χ4n) is 3.84. The van der Waals surface area contributed by atoms with Gasteiger partial charge in [0.15, 0.2) is 11.5 Å². The number of methoxy groups -OCH3 is 3. The molecule has 2 heterocycles. The zero-order valence-corrected chi connectivity index (χ0v) is 19.5. The Hall–Kier alpha value is -3.72. The Morgan fingerprint density at radius 3 is 2.27 bits per heavy atom. The van der Waals surface area contributed by atoms with Gasteiger partial charge < -0.3 is 23.9 Å². The molecule has 0 saturated heterocycles. The van der Waals surface area contributed by atoms with Gasteiger partial charge in [0.2, 0.25) is 0 Å². The van der Waals surface area contributed by atoms with Gasteiger partial charge in [-0.25, -0.2) is 9.78 Å². The smallest absolute Gasteiger partial charge is 0.338 e. The van der Waals surface area contributed by atoms with E-state index in [1.54, 1.807) is 48.3 Å². The van der Waals surface area contributed by atoms with Crippen LogP contribution in [0.1, 0.15) is 27.1 Å². The molecule has 4 rings (SSSR count). The molecule has 2 aromatic carbocycles. The third kappa shape index (κ3) is 3.95. The number of aromatic nitrogens is 3. The summed E-state index contributed by atoms with van der Waals surface area (Å²) in [6.07, 6.45) is 3.41. The van der Waals surface area contributed by atoms with Crippen LogP contribution in [0.5, 0.6) is 17.2 Å². The number of carboxylic acids is 1. The van der Waals surface area contributed by atoms with Gasteiger partial charge in [-0.2, -0.15) is 12.6 Å². The second-order valence-electron chi connectivity index (χ2n) is 7.30. The predicted molar refractivity (Wildman–Crippen MR) is 128 cm³/mol. The molecule has 0 spiro atoms. The summed E-state index contributed by atoms with van der Waals surface area (Å²) in [5.41, 5.74) is 2.06. The molecule has 9 heteroatoms. The van der Waals surface area contributed by atoms with E-state index in [4.69, 9.17) is 31.8 Å². The molecule has 170 valence electrons. The van der Waals surface area contributed by atoms with E-state index in [1.165, 1.54) is 14.2 Å². The van der Waals surface area contributed by atoms with E-state index in [1.807, 2.05) is 19.2 Å². The van der Waals surface area contributed by atoms with Crippen LogP contribution >= 0.6 is 12.6 Å². The summed E-state index contributed by atoms with van der Waals surface area (Å²) in [4.78, 5) is 21.7. The van der Waals surface area contributed by atoms with Crippen LogP contribution in [0.2, 0.25) is 0 Å². The number of imidazole rings is 1. The number of thiol groups is 1. The molecule has 0 fully saturated rings. The summed E-state index contributed by atoms with van der Waals surface area (Å²) in [5, 5.41) is 10.3. The van der Waals surface area contributed by atoms with Crippen molar-refractivity contribution < 1.29 is 24.1 Å². The number of rotatable bonds is 7. The quantitative estimate of drug-likeness (QED) is 0.391. The molecule has 0 radical (unpaired) electrons. The summed E-state index contributed by atoms with van der Waals surface area (Å²) in [5.74, 6) is 1.08.